The summed E-state index contributed by atoms with van der Waals surface area (Å²) in [6, 6.07) is 3.84. The Labute approximate surface area is 118 Å². The second-order valence-corrected chi connectivity index (χ2v) is 5.06. The van der Waals surface area contributed by atoms with Gasteiger partial charge in [-0.25, -0.2) is 4.98 Å². The molecule has 1 aliphatic rings. The number of aromatic nitrogens is 2. The number of hydrogen-bond acceptors (Lipinski definition) is 4. The molecule has 2 atom stereocenters. The molecule has 1 N–H and O–H groups in total. The molecule has 2 unspecified atom stereocenters. The Morgan fingerprint density at radius 1 is 1.30 bits per heavy atom. The number of nitrogens with one attached hydrogen (secondary N) is 1. The van der Waals surface area contributed by atoms with Gasteiger partial charge in [0.15, 0.2) is 11.5 Å². The van der Waals surface area contributed by atoms with E-state index in [-0.39, 0.29) is 6.10 Å². The van der Waals surface area contributed by atoms with Crippen LogP contribution in [0.3, 0.4) is 0 Å². The summed E-state index contributed by atoms with van der Waals surface area (Å²) in [6.07, 6.45) is 2.29. The molecule has 0 amide bonds. The molecular weight excluding hydrogens is 256 g/mol. The molecule has 0 aliphatic carbocycles. The van der Waals surface area contributed by atoms with Crippen LogP contribution in [-0.2, 0) is 4.74 Å². The number of H-pyrrole nitrogens is 1. The molecule has 2 aromatic rings. The van der Waals surface area contributed by atoms with Crippen LogP contribution in [0.25, 0.3) is 11.0 Å². The van der Waals surface area contributed by atoms with Crippen LogP contribution in [0.1, 0.15) is 31.5 Å². The fourth-order valence-corrected chi connectivity index (χ4v) is 2.90. The van der Waals surface area contributed by atoms with Crippen molar-refractivity contribution in [2.75, 3.05) is 20.8 Å². The van der Waals surface area contributed by atoms with E-state index in [9.17, 15) is 0 Å². The maximum atomic E-state index is 5.75. The van der Waals surface area contributed by atoms with Crippen molar-refractivity contribution in [1.82, 2.24) is 9.97 Å². The van der Waals surface area contributed by atoms with Gasteiger partial charge in [0.25, 0.3) is 0 Å². The van der Waals surface area contributed by atoms with Crippen molar-refractivity contribution in [2.24, 2.45) is 0 Å². The Morgan fingerprint density at radius 3 is 2.75 bits per heavy atom. The smallest absolute Gasteiger partial charge is 0.163 e. The fraction of sp³-hybridized carbons (Fsp3) is 0.533. The highest BCUT2D eigenvalue weighted by molar-refractivity contribution is 5.79. The van der Waals surface area contributed by atoms with Crippen molar-refractivity contribution in [3.63, 3.8) is 0 Å². The van der Waals surface area contributed by atoms with Crippen LogP contribution >= 0.6 is 0 Å². The number of imidazole rings is 1. The average molecular weight is 276 g/mol. The maximum Gasteiger partial charge on any atom is 0.163 e. The zero-order valence-corrected chi connectivity index (χ0v) is 12.1. The maximum absolute atomic E-state index is 5.75. The van der Waals surface area contributed by atoms with Crippen LogP contribution in [0, 0.1) is 0 Å². The lowest BCUT2D eigenvalue weighted by Crippen LogP contribution is -2.14. The van der Waals surface area contributed by atoms with E-state index in [2.05, 4.69) is 11.9 Å². The minimum atomic E-state index is 0.263. The predicted octanol–water partition coefficient (Wildman–Crippen LogP) is 2.86. The molecule has 1 aliphatic heterocycles. The number of rotatable bonds is 4. The molecule has 5 nitrogen and oxygen atoms in total. The molecular formula is C15H20N2O3. The Hall–Kier alpha value is -1.75. The van der Waals surface area contributed by atoms with Gasteiger partial charge < -0.3 is 19.2 Å². The quantitative estimate of drug-likeness (QED) is 0.933. The summed E-state index contributed by atoms with van der Waals surface area (Å²) in [7, 11) is 3.27. The highest BCUT2D eigenvalue weighted by atomic mass is 16.5. The van der Waals surface area contributed by atoms with Gasteiger partial charge in [-0.2, -0.15) is 0 Å². The van der Waals surface area contributed by atoms with E-state index in [1.54, 1.807) is 14.2 Å². The number of aromatic amines is 1. The van der Waals surface area contributed by atoms with Gasteiger partial charge in [0.05, 0.1) is 31.4 Å². The first-order valence-corrected chi connectivity index (χ1v) is 7.00. The van der Waals surface area contributed by atoms with Gasteiger partial charge in [-0.3, -0.25) is 0 Å². The topological polar surface area (TPSA) is 56.4 Å². The fourth-order valence-electron chi connectivity index (χ4n) is 2.90. The van der Waals surface area contributed by atoms with Gasteiger partial charge in [-0.1, -0.05) is 6.92 Å². The zero-order chi connectivity index (χ0) is 14.1. The highest BCUT2D eigenvalue weighted by Gasteiger charge is 2.30. The van der Waals surface area contributed by atoms with Gasteiger partial charge in [-0.15, -0.1) is 0 Å². The third kappa shape index (κ3) is 2.12. The lowest BCUT2D eigenvalue weighted by molar-refractivity contribution is 0.0996. The lowest BCUT2D eigenvalue weighted by Gasteiger charge is -2.13. The molecule has 20 heavy (non-hydrogen) atoms. The Bertz CT molecular complexity index is 567. The summed E-state index contributed by atoms with van der Waals surface area (Å²) >= 11 is 0. The van der Waals surface area contributed by atoms with Crippen molar-refractivity contribution in [3.8, 4) is 11.5 Å². The predicted molar refractivity (Wildman–Crippen MR) is 76.6 cm³/mol. The van der Waals surface area contributed by atoms with Gasteiger partial charge in [-0.05, 0) is 12.8 Å². The molecule has 1 fully saturated rings. The number of methoxy groups -OCH3 is 2. The summed E-state index contributed by atoms with van der Waals surface area (Å²) in [4.78, 5) is 8.11. The van der Waals surface area contributed by atoms with Crippen molar-refractivity contribution >= 4 is 11.0 Å². The second kappa shape index (κ2) is 5.32. The third-order valence-corrected chi connectivity index (χ3v) is 3.97. The van der Waals surface area contributed by atoms with Crippen LogP contribution < -0.4 is 9.47 Å². The van der Waals surface area contributed by atoms with E-state index < -0.39 is 0 Å². The number of benzene rings is 1. The van der Waals surface area contributed by atoms with Crippen LogP contribution in [-0.4, -0.2) is 36.9 Å². The SMILES string of the molecule is CCC1OCCC1c1nc2cc(OC)c(OC)cc2[nH]1. The van der Waals surface area contributed by atoms with Gasteiger partial charge in [0.1, 0.15) is 5.82 Å². The van der Waals surface area contributed by atoms with Crippen LogP contribution in [0.5, 0.6) is 11.5 Å². The van der Waals surface area contributed by atoms with Gasteiger partial charge in [0.2, 0.25) is 0 Å². The summed E-state index contributed by atoms with van der Waals surface area (Å²) in [6.45, 7) is 2.96. The average Bonchev–Trinajstić information content (AvgIpc) is 3.10. The Kier molecular flexibility index (Phi) is 3.53. The van der Waals surface area contributed by atoms with Crippen LogP contribution in [0.4, 0.5) is 0 Å². The van der Waals surface area contributed by atoms with E-state index in [4.69, 9.17) is 19.2 Å². The van der Waals surface area contributed by atoms with Gasteiger partial charge >= 0.3 is 0 Å². The number of ether oxygens (including phenoxy) is 3. The minimum Gasteiger partial charge on any atom is -0.493 e. The van der Waals surface area contributed by atoms with Crippen LogP contribution in [0.2, 0.25) is 0 Å². The summed E-state index contributed by atoms with van der Waals surface area (Å²) < 4.78 is 16.4. The normalized spacial score (nSPS) is 22.4. The first-order valence-electron chi connectivity index (χ1n) is 7.00. The highest BCUT2D eigenvalue weighted by Crippen LogP contribution is 2.35. The molecule has 0 saturated carbocycles. The third-order valence-electron chi connectivity index (χ3n) is 3.97. The number of fused-ring (bicyclic) bond motifs is 1. The number of hydrogen-bond donors (Lipinski definition) is 1. The molecule has 1 aromatic heterocycles. The van der Waals surface area contributed by atoms with E-state index in [0.717, 1.165) is 36.3 Å². The standard InChI is InChI=1S/C15H20N2O3/c1-4-12-9(5-6-20-12)15-16-10-7-13(18-2)14(19-3)8-11(10)17-15/h7-9,12H,4-6H2,1-3H3,(H,16,17). The molecule has 1 saturated heterocycles. The molecule has 108 valence electrons. The first-order chi connectivity index (χ1) is 9.76. The molecule has 5 heteroatoms. The van der Waals surface area contributed by atoms with E-state index in [1.807, 2.05) is 12.1 Å². The summed E-state index contributed by atoms with van der Waals surface area (Å²) in [5.41, 5.74) is 1.87. The summed E-state index contributed by atoms with van der Waals surface area (Å²) in [5.74, 6) is 2.77. The molecule has 0 bridgehead atoms. The minimum absolute atomic E-state index is 0.263. The zero-order valence-electron chi connectivity index (χ0n) is 12.1. The second-order valence-electron chi connectivity index (χ2n) is 5.06. The lowest BCUT2D eigenvalue weighted by atomic mass is 9.99. The van der Waals surface area contributed by atoms with Crippen molar-refractivity contribution in [1.29, 1.82) is 0 Å². The Morgan fingerprint density at radius 2 is 2.05 bits per heavy atom. The van der Waals surface area contributed by atoms with E-state index >= 15 is 0 Å². The van der Waals surface area contributed by atoms with Crippen molar-refractivity contribution in [2.45, 2.75) is 31.8 Å². The molecule has 2 heterocycles. The first kappa shape index (κ1) is 13.2. The van der Waals surface area contributed by atoms with E-state index in [1.165, 1.54) is 0 Å². The largest absolute Gasteiger partial charge is 0.493 e. The molecule has 0 spiro atoms. The van der Waals surface area contributed by atoms with Gasteiger partial charge in [0, 0.05) is 24.7 Å². The molecule has 0 radical (unpaired) electrons. The summed E-state index contributed by atoms with van der Waals surface area (Å²) in [5, 5.41) is 0. The number of nitrogens with zero attached hydrogens (tertiary/aromatic N) is 1. The monoisotopic (exact) mass is 276 g/mol. The molecule has 3 rings (SSSR count). The molecule has 1 aromatic carbocycles. The van der Waals surface area contributed by atoms with E-state index in [0.29, 0.717) is 17.4 Å². The van der Waals surface area contributed by atoms with Crippen LogP contribution in [0.15, 0.2) is 12.1 Å². The van der Waals surface area contributed by atoms with Crippen molar-refractivity contribution < 1.29 is 14.2 Å². The Balaban J connectivity index is 2.02. The van der Waals surface area contributed by atoms with Crippen molar-refractivity contribution in [3.05, 3.63) is 18.0 Å².